The summed E-state index contributed by atoms with van der Waals surface area (Å²) in [5, 5.41) is 26.9. The number of nitrogens with zero attached hydrogens (tertiary/aromatic N) is 3. The van der Waals surface area contributed by atoms with E-state index in [0.717, 1.165) is 33.8 Å². The minimum atomic E-state index is -4.58. The number of hydrogen-bond donors (Lipinski definition) is 4. The van der Waals surface area contributed by atoms with Crippen molar-refractivity contribution in [2.45, 2.75) is 51.0 Å². The first-order valence-electron chi connectivity index (χ1n) is 13.0. The van der Waals surface area contributed by atoms with E-state index >= 15 is 0 Å². The second-order valence-corrected chi connectivity index (χ2v) is 11.2. The van der Waals surface area contributed by atoms with Crippen LogP contribution in [0.1, 0.15) is 47.5 Å². The van der Waals surface area contributed by atoms with Crippen molar-refractivity contribution in [3.63, 3.8) is 0 Å². The lowest BCUT2D eigenvalue weighted by Crippen LogP contribution is -2.35. The van der Waals surface area contributed by atoms with E-state index < -0.39 is 17.5 Å². The molecule has 214 valence electrons. The van der Waals surface area contributed by atoms with E-state index in [-0.39, 0.29) is 24.4 Å². The van der Waals surface area contributed by atoms with Crippen LogP contribution in [0, 0.1) is 12.8 Å². The molecule has 0 saturated heterocycles. The molecule has 2 aromatic heterocycles. The van der Waals surface area contributed by atoms with Crippen molar-refractivity contribution < 1.29 is 28.2 Å². The number of carbonyl (C=O) groups is 1. The molecule has 41 heavy (non-hydrogen) atoms. The second kappa shape index (κ2) is 11.6. The number of aliphatic hydroxyl groups excluding tert-OH is 1. The highest BCUT2D eigenvalue weighted by molar-refractivity contribution is 7.15. The first-order chi connectivity index (χ1) is 19.5. The third-order valence-corrected chi connectivity index (χ3v) is 8.30. The van der Waals surface area contributed by atoms with Crippen LogP contribution in [-0.2, 0) is 23.2 Å². The van der Waals surface area contributed by atoms with Crippen molar-refractivity contribution in [3.05, 3.63) is 82.8 Å². The maximum absolute atomic E-state index is 13.0. The summed E-state index contributed by atoms with van der Waals surface area (Å²) in [6, 6.07) is 13.3. The molecule has 4 N–H and O–H groups in total. The minimum absolute atomic E-state index is 0.0649. The number of aryl methyl sites for hydroxylation is 1. The molecule has 1 amide bonds. The zero-order valence-corrected chi connectivity index (χ0v) is 22.9. The number of hydrogen-bond acceptors (Lipinski definition) is 8. The molecule has 8 nitrogen and oxygen atoms in total. The summed E-state index contributed by atoms with van der Waals surface area (Å²) >= 11 is 1.35. The molecule has 1 aliphatic carbocycles. The topological polar surface area (TPSA) is 120 Å². The molecule has 2 heterocycles. The van der Waals surface area contributed by atoms with Gasteiger partial charge in [0.15, 0.2) is 0 Å². The largest absolute Gasteiger partial charge is 0.433 e. The number of anilines is 3. The van der Waals surface area contributed by atoms with Crippen LogP contribution in [0.3, 0.4) is 0 Å². The molecule has 5 rings (SSSR count). The molecule has 0 spiro atoms. The van der Waals surface area contributed by atoms with E-state index in [0.29, 0.717) is 42.1 Å². The number of aromatic nitrogens is 3. The van der Waals surface area contributed by atoms with Gasteiger partial charge in [0.1, 0.15) is 16.3 Å². The van der Waals surface area contributed by atoms with Crippen LogP contribution in [-0.4, -0.2) is 31.1 Å². The van der Waals surface area contributed by atoms with Gasteiger partial charge in [0.2, 0.25) is 11.9 Å². The highest BCUT2D eigenvalue weighted by atomic mass is 32.1. The average molecular weight is 584 g/mol. The fourth-order valence-corrected chi connectivity index (χ4v) is 5.88. The Morgan fingerprint density at radius 1 is 1.07 bits per heavy atom. The summed E-state index contributed by atoms with van der Waals surface area (Å²) < 4.78 is 39.1. The number of thiazole rings is 1. The zero-order valence-electron chi connectivity index (χ0n) is 22.1. The van der Waals surface area contributed by atoms with Crippen LogP contribution < -0.4 is 10.6 Å². The predicted molar refractivity (Wildman–Crippen MR) is 149 cm³/mol. The molecule has 0 bridgehead atoms. The number of nitrogens with one attached hydrogen (secondary N) is 2. The van der Waals surface area contributed by atoms with Crippen molar-refractivity contribution in [1.82, 2.24) is 15.0 Å². The minimum Gasteiger partial charge on any atom is -0.392 e. The Bertz CT molecular complexity index is 1530. The van der Waals surface area contributed by atoms with Crippen LogP contribution >= 0.6 is 11.3 Å². The third kappa shape index (κ3) is 6.72. The Hall–Kier alpha value is -3.87. The molecule has 0 radical (unpaired) electrons. The predicted octanol–water partition coefficient (Wildman–Crippen LogP) is 6.18. The van der Waals surface area contributed by atoms with Crippen molar-refractivity contribution in [3.8, 4) is 10.4 Å². The monoisotopic (exact) mass is 583 g/mol. The van der Waals surface area contributed by atoms with Gasteiger partial charge in [-0.15, -0.1) is 11.3 Å². The molecular weight excluding hydrogens is 555 g/mol. The van der Waals surface area contributed by atoms with Gasteiger partial charge in [-0.05, 0) is 79.6 Å². The lowest BCUT2D eigenvalue weighted by atomic mass is 9.78. The van der Waals surface area contributed by atoms with Gasteiger partial charge < -0.3 is 20.8 Å². The fourth-order valence-electron chi connectivity index (χ4n) is 4.84. The summed E-state index contributed by atoms with van der Waals surface area (Å²) in [4.78, 5) is 25.6. The molecule has 1 fully saturated rings. The van der Waals surface area contributed by atoms with Gasteiger partial charge in [-0.2, -0.15) is 13.2 Å². The van der Waals surface area contributed by atoms with Crippen molar-refractivity contribution >= 4 is 34.6 Å². The molecule has 0 unspecified atom stereocenters. The fraction of sp³-hybridized carbons (Fsp3) is 0.310. The summed E-state index contributed by atoms with van der Waals surface area (Å²) in [6.45, 7) is 1.80. The van der Waals surface area contributed by atoms with Crippen LogP contribution in [0.15, 0.2) is 60.9 Å². The Balaban J connectivity index is 1.25. The van der Waals surface area contributed by atoms with Gasteiger partial charge in [-0.1, -0.05) is 18.2 Å². The lowest BCUT2D eigenvalue weighted by Gasteiger charge is -2.33. The average Bonchev–Trinajstić information content (AvgIpc) is 3.45. The molecular formula is C29H28F3N5O3S. The van der Waals surface area contributed by atoms with Crippen molar-refractivity contribution in [2.24, 2.45) is 5.92 Å². The number of alkyl halides is 3. The quantitative estimate of drug-likeness (QED) is 0.205. The lowest BCUT2D eigenvalue weighted by molar-refractivity contribution is -0.141. The molecule has 1 saturated carbocycles. The summed E-state index contributed by atoms with van der Waals surface area (Å²) in [7, 11) is 0. The molecule has 0 aliphatic heterocycles. The smallest absolute Gasteiger partial charge is 0.392 e. The number of carbonyl (C=O) groups excluding carboxylic acids is 1. The third-order valence-electron chi connectivity index (χ3n) is 7.06. The molecule has 4 aromatic rings. The zero-order chi connectivity index (χ0) is 29.2. The van der Waals surface area contributed by atoms with Gasteiger partial charge in [0.05, 0.1) is 11.5 Å². The Morgan fingerprint density at radius 2 is 1.80 bits per heavy atom. The first kappa shape index (κ1) is 28.7. The molecule has 2 aromatic carbocycles. The number of halogens is 3. The molecule has 1 aliphatic rings. The highest BCUT2D eigenvalue weighted by Crippen LogP contribution is 2.43. The van der Waals surface area contributed by atoms with Gasteiger partial charge in [-0.25, -0.2) is 15.0 Å². The Kier molecular flexibility index (Phi) is 8.07. The standard InChI is InChI=1S/C29H28F3N5O3S/c1-17-12-20(14-22(13-17)36-27-33-11-8-24(37-27)29(30,31)32)23-15-34-26(41-23)28(40)9-6-19(7-10-28)25(39)35-21-4-2-18(16-38)3-5-21/h2-5,8,11-15,19,38,40H,6-7,9-10,16H2,1H3,(H,35,39)(H,33,36,37). The SMILES string of the molecule is Cc1cc(Nc2nccc(C(F)(F)F)n2)cc(-c2cnc(C3(O)CCC(C(=O)Nc4ccc(CO)cc4)CC3)s2)c1. The second-order valence-electron chi connectivity index (χ2n) is 10.2. The van der Waals surface area contributed by atoms with E-state index in [1.54, 1.807) is 42.6 Å². The van der Waals surface area contributed by atoms with E-state index in [1.165, 1.54) is 11.3 Å². The van der Waals surface area contributed by atoms with Gasteiger partial charge in [0.25, 0.3) is 0 Å². The van der Waals surface area contributed by atoms with Crippen LogP contribution in [0.25, 0.3) is 10.4 Å². The maximum Gasteiger partial charge on any atom is 0.433 e. The van der Waals surface area contributed by atoms with Crippen molar-refractivity contribution in [1.29, 1.82) is 0 Å². The number of rotatable bonds is 7. The highest BCUT2D eigenvalue weighted by Gasteiger charge is 2.39. The Labute approximate surface area is 238 Å². The maximum atomic E-state index is 13.0. The van der Waals surface area contributed by atoms with E-state index in [1.807, 2.05) is 13.0 Å². The van der Waals surface area contributed by atoms with Crippen molar-refractivity contribution in [2.75, 3.05) is 10.6 Å². The van der Waals surface area contributed by atoms with Gasteiger partial charge in [-0.3, -0.25) is 4.79 Å². The molecule has 12 heteroatoms. The number of amides is 1. The van der Waals surface area contributed by atoms with E-state index in [2.05, 4.69) is 25.6 Å². The van der Waals surface area contributed by atoms with Crippen LogP contribution in [0.2, 0.25) is 0 Å². The van der Waals surface area contributed by atoms with Crippen LogP contribution in [0.5, 0.6) is 0 Å². The van der Waals surface area contributed by atoms with Crippen LogP contribution in [0.4, 0.5) is 30.5 Å². The van der Waals surface area contributed by atoms with Gasteiger partial charge in [0, 0.05) is 29.7 Å². The Morgan fingerprint density at radius 3 is 2.49 bits per heavy atom. The number of aliphatic hydroxyl groups is 2. The first-order valence-corrected chi connectivity index (χ1v) is 13.8. The summed E-state index contributed by atoms with van der Waals surface area (Å²) in [5.74, 6) is -0.512. The summed E-state index contributed by atoms with van der Waals surface area (Å²) in [5.41, 5.74) is 1.40. The van der Waals surface area contributed by atoms with Gasteiger partial charge >= 0.3 is 6.18 Å². The molecule has 0 atom stereocenters. The normalized spacial score (nSPS) is 19.1. The summed E-state index contributed by atoms with van der Waals surface area (Å²) in [6.07, 6.45) is -0.0791. The number of benzene rings is 2. The van der Waals surface area contributed by atoms with E-state index in [9.17, 15) is 28.2 Å². The van der Waals surface area contributed by atoms with E-state index in [4.69, 9.17) is 0 Å².